The second kappa shape index (κ2) is 7.82. The minimum Gasteiger partial charge on any atom is -0.508 e. The number of phenols is 1. The summed E-state index contributed by atoms with van der Waals surface area (Å²) in [5, 5.41) is 12.3. The van der Waals surface area contributed by atoms with Gasteiger partial charge in [0.25, 0.3) is 5.76 Å². The Morgan fingerprint density at radius 2 is 1.87 bits per heavy atom. The molecule has 7 heteroatoms. The molecule has 23 heavy (non-hydrogen) atoms. The van der Waals surface area contributed by atoms with E-state index in [-0.39, 0.29) is 12.3 Å². The van der Waals surface area contributed by atoms with Gasteiger partial charge in [-0.25, -0.2) is 4.79 Å². The van der Waals surface area contributed by atoms with Crippen LogP contribution >= 0.6 is 11.8 Å². The normalized spacial score (nSPS) is 10.6. The van der Waals surface area contributed by atoms with Crippen molar-refractivity contribution in [3.8, 4) is 5.75 Å². The lowest BCUT2D eigenvalue weighted by molar-refractivity contribution is 0.220. The predicted octanol–water partition coefficient (Wildman–Crippen LogP) is 4.37. The van der Waals surface area contributed by atoms with Gasteiger partial charge in [-0.15, -0.1) is 0 Å². The van der Waals surface area contributed by atoms with Gasteiger partial charge in [0.1, 0.15) is 5.75 Å². The molecular formula is C16H16F2N2O2S. The summed E-state index contributed by atoms with van der Waals surface area (Å²) in [5.41, 5.74) is 0.923. The molecule has 2 N–H and O–H groups in total. The second-order valence-corrected chi connectivity index (χ2v) is 5.82. The highest BCUT2D eigenvalue weighted by Crippen LogP contribution is 2.31. The lowest BCUT2D eigenvalue weighted by Crippen LogP contribution is -2.31. The van der Waals surface area contributed by atoms with Gasteiger partial charge in [-0.2, -0.15) is 8.78 Å². The Morgan fingerprint density at radius 3 is 2.57 bits per heavy atom. The van der Waals surface area contributed by atoms with Gasteiger partial charge >= 0.3 is 6.03 Å². The van der Waals surface area contributed by atoms with E-state index >= 15 is 0 Å². The number of aromatic hydroxyl groups is 1. The van der Waals surface area contributed by atoms with E-state index in [2.05, 4.69) is 5.32 Å². The van der Waals surface area contributed by atoms with Crippen LogP contribution in [0.25, 0.3) is 0 Å². The van der Waals surface area contributed by atoms with Crippen molar-refractivity contribution in [2.24, 2.45) is 0 Å². The van der Waals surface area contributed by atoms with Crippen molar-refractivity contribution in [3.63, 3.8) is 0 Å². The Hall–Kier alpha value is -2.28. The number of nitrogens with one attached hydrogen (secondary N) is 1. The first-order valence-corrected chi connectivity index (χ1v) is 7.68. The highest BCUT2D eigenvalue weighted by molar-refractivity contribution is 7.99. The van der Waals surface area contributed by atoms with E-state index < -0.39 is 11.8 Å². The van der Waals surface area contributed by atoms with Gasteiger partial charge in [0.2, 0.25) is 0 Å². The maximum Gasteiger partial charge on any atom is 0.321 e. The fourth-order valence-electron chi connectivity index (χ4n) is 1.95. The average molecular weight is 338 g/mol. The van der Waals surface area contributed by atoms with Crippen molar-refractivity contribution in [2.45, 2.75) is 17.2 Å². The molecule has 0 spiro atoms. The molecule has 0 unspecified atom stereocenters. The molecule has 2 aromatic carbocycles. The third kappa shape index (κ3) is 4.85. The zero-order chi connectivity index (χ0) is 16.8. The van der Waals surface area contributed by atoms with Gasteiger partial charge in [0, 0.05) is 17.5 Å². The molecular weight excluding hydrogens is 322 g/mol. The first-order chi connectivity index (χ1) is 11.0. The highest BCUT2D eigenvalue weighted by Gasteiger charge is 2.15. The third-order valence-corrected chi connectivity index (χ3v) is 3.88. The monoisotopic (exact) mass is 338 g/mol. The molecule has 0 heterocycles. The van der Waals surface area contributed by atoms with E-state index in [1.807, 2.05) is 0 Å². The zero-order valence-corrected chi connectivity index (χ0v) is 13.2. The number of carbonyl (C=O) groups is 1. The van der Waals surface area contributed by atoms with E-state index in [9.17, 15) is 18.7 Å². The van der Waals surface area contributed by atoms with Gasteiger partial charge in [0.05, 0.1) is 12.2 Å². The highest BCUT2D eigenvalue weighted by atomic mass is 32.2. The Balaban J connectivity index is 2.05. The average Bonchev–Trinajstić information content (AvgIpc) is 2.51. The van der Waals surface area contributed by atoms with Gasteiger partial charge in [-0.1, -0.05) is 42.1 Å². The Kier molecular flexibility index (Phi) is 5.81. The number of urea groups is 1. The molecule has 0 aromatic heterocycles. The molecule has 0 atom stereocenters. The molecule has 122 valence electrons. The van der Waals surface area contributed by atoms with E-state index in [0.29, 0.717) is 27.9 Å². The van der Waals surface area contributed by atoms with Crippen LogP contribution in [0.3, 0.4) is 0 Å². The standard InChI is InChI=1S/C16H16F2N2O2S/c1-20(10-11-6-2-4-8-13(11)21)16(22)19-12-7-3-5-9-14(12)23-15(17)18/h2-9,15,21H,10H2,1H3,(H,19,22). The third-order valence-electron chi connectivity index (χ3n) is 3.09. The number of thioether (sulfide) groups is 1. The molecule has 0 fully saturated rings. The van der Waals surface area contributed by atoms with Crippen LogP contribution in [0.2, 0.25) is 0 Å². The summed E-state index contributed by atoms with van der Waals surface area (Å²) in [6.45, 7) is 0.197. The summed E-state index contributed by atoms with van der Waals surface area (Å²) in [6.07, 6.45) is 0. The van der Waals surface area contributed by atoms with Crippen LogP contribution in [0.5, 0.6) is 5.75 Å². The number of anilines is 1. The minimum atomic E-state index is -2.56. The molecule has 2 aromatic rings. The Morgan fingerprint density at radius 1 is 1.22 bits per heavy atom. The largest absolute Gasteiger partial charge is 0.508 e. The van der Waals surface area contributed by atoms with Crippen molar-refractivity contribution >= 4 is 23.5 Å². The molecule has 0 saturated carbocycles. The number of halogens is 2. The van der Waals surface area contributed by atoms with Crippen LogP contribution in [-0.4, -0.2) is 28.8 Å². The predicted molar refractivity (Wildman–Crippen MR) is 86.9 cm³/mol. The van der Waals surface area contributed by atoms with Crippen molar-refractivity contribution in [1.82, 2.24) is 4.90 Å². The SMILES string of the molecule is CN(Cc1ccccc1O)C(=O)Nc1ccccc1SC(F)F. The molecule has 0 saturated heterocycles. The summed E-state index contributed by atoms with van der Waals surface area (Å²) in [5.74, 6) is -2.46. The van der Waals surface area contributed by atoms with E-state index in [0.717, 1.165) is 0 Å². The smallest absolute Gasteiger partial charge is 0.321 e. The van der Waals surface area contributed by atoms with Crippen LogP contribution in [0.4, 0.5) is 19.3 Å². The van der Waals surface area contributed by atoms with Crippen molar-refractivity contribution in [2.75, 3.05) is 12.4 Å². The molecule has 0 radical (unpaired) electrons. The number of benzene rings is 2. The molecule has 0 aliphatic carbocycles. The van der Waals surface area contributed by atoms with Gasteiger partial charge < -0.3 is 15.3 Å². The molecule has 0 bridgehead atoms. The lowest BCUT2D eigenvalue weighted by Gasteiger charge is -2.19. The quantitative estimate of drug-likeness (QED) is 0.796. The van der Waals surface area contributed by atoms with Crippen LogP contribution in [0.1, 0.15) is 5.56 Å². The zero-order valence-electron chi connectivity index (χ0n) is 12.4. The summed E-state index contributed by atoms with van der Waals surface area (Å²) in [6, 6.07) is 12.6. The van der Waals surface area contributed by atoms with Crippen molar-refractivity contribution in [1.29, 1.82) is 0 Å². The number of hydrogen-bond donors (Lipinski definition) is 2. The van der Waals surface area contributed by atoms with Crippen LogP contribution in [0, 0.1) is 0 Å². The number of rotatable bonds is 5. The first-order valence-electron chi connectivity index (χ1n) is 6.80. The number of phenolic OH excluding ortho intramolecular Hbond substituents is 1. The number of hydrogen-bond acceptors (Lipinski definition) is 3. The molecule has 0 aliphatic heterocycles. The summed E-state index contributed by atoms with van der Waals surface area (Å²) >= 11 is 0.379. The molecule has 4 nitrogen and oxygen atoms in total. The fraction of sp³-hybridized carbons (Fsp3) is 0.188. The topological polar surface area (TPSA) is 52.6 Å². The summed E-state index contributed by atoms with van der Waals surface area (Å²) in [7, 11) is 1.56. The number of alkyl halides is 2. The maximum atomic E-state index is 12.5. The second-order valence-electron chi connectivity index (χ2n) is 4.79. The number of amides is 2. The summed E-state index contributed by atoms with van der Waals surface area (Å²) in [4.78, 5) is 13.9. The van der Waals surface area contributed by atoms with Gasteiger partial charge in [-0.05, 0) is 18.2 Å². The van der Waals surface area contributed by atoms with Crippen LogP contribution in [0.15, 0.2) is 53.4 Å². The fourth-order valence-corrected chi connectivity index (χ4v) is 2.55. The van der Waals surface area contributed by atoms with E-state index in [1.54, 1.807) is 43.4 Å². The first kappa shape index (κ1) is 17.1. The van der Waals surface area contributed by atoms with E-state index in [4.69, 9.17) is 0 Å². The lowest BCUT2D eigenvalue weighted by atomic mass is 10.2. The van der Waals surface area contributed by atoms with Crippen LogP contribution < -0.4 is 5.32 Å². The number of nitrogens with zero attached hydrogens (tertiary/aromatic N) is 1. The van der Waals surface area contributed by atoms with Crippen molar-refractivity contribution in [3.05, 3.63) is 54.1 Å². The molecule has 0 aliphatic rings. The summed E-state index contributed by atoms with van der Waals surface area (Å²) < 4.78 is 25.1. The number of carbonyl (C=O) groups excluding carboxylic acids is 1. The van der Waals surface area contributed by atoms with Crippen molar-refractivity contribution < 1.29 is 18.7 Å². The Labute approximate surface area is 137 Å². The maximum absolute atomic E-state index is 12.5. The van der Waals surface area contributed by atoms with Crippen LogP contribution in [-0.2, 0) is 6.54 Å². The van der Waals surface area contributed by atoms with Gasteiger partial charge in [-0.3, -0.25) is 0 Å². The van der Waals surface area contributed by atoms with E-state index in [1.165, 1.54) is 17.0 Å². The molecule has 2 amide bonds. The molecule has 2 rings (SSSR count). The van der Waals surface area contributed by atoms with Gasteiger partial charge in [0.15, 0.2) is 0 Å². The Bertz CT molecular complexity index is 683. The minimum absolute atomic E-state index is 0.0980. The number of para-hydroxylation sites is 2.